The largest absolute Gasteiger partial charge is 0.384 e. The molecular weight excluding hydrogens is 290 g/mol. The highest BCUT2D eigenvalue weighted by Gasteiger charge is 2.31. The lowest BCUT2D eigenvalue weighted by Gasteiger charge is -2.27. The predicted molar refractivity (Wildman–Crippen MR) is 86.0 cm³/mol. The van der Waals surface area contributed by atoms with E-state index in [1.54, 1.807) is 17.4 Å². The van der Waals surface area contributed by atoms with Crippen LogP contribution < -0.4 is 10.6 Å². The quantitative estimate of drug-likeness (QED) is 0.651. The third-order valence-electron chi connectivity index (χ3n) is 3.49. The Hall–Kier alpha value is -1.52. The van der Waals surface area contributed by atoms with Gasteiger partial charge in [0.25, 0.3) is 0 Å². The highest BCUT2D eigenvalue weighted by Crippen LogP contribution is 2.37. The van der Waals surface area contributed by atoms with Gasteiger partial charge in [0, 0.05) is 18.3 Å². The van der Waals surface area contributed by atoms with Crippen molar-refractivity contribution in [1.29, 1.82) is 5.41 Å². The predicted octanol–water partition coefficient (Wildman–Crippen LogP) is 3.85. The third kappa shape index (κ3) is 2.67. The summed E-state index contributed by atoms with van der Waals surface area (Å²) in [5.41, 5.74) is 8.63. The first-order valence-electron chi connectivity index (χ1n) is 6.57. The van der Waals surface area contributed by atoms with Gasteiger partial charge in [-0.2, -0.15) is 11.3 Å². The molecule has 2 aromatic rings. The number of thiophene rings is 1. The van der Waals surface area contributed by atoms with Gasteiger partial charge in [0.05, 0.1) is 10.6 Å². The highest BCUT2D eigenvalue weighted by molar-refractivity contribution is 7.07. The molecule has 0 radical (unpaired) electrons. The second kappa shape index (κ2) is 5.46. The molecule has 3 rings (SSSR count). The van der Waals surface area contributed by atoms with Crippen molar-refractivity contribution < 1.29 is 0 Å². The molecule has 1 saturated carbocycles. The molecule has 1 aromatic carbocycles. The molecule has 3 nitrogen and oxygen atoms in total. The average molecular weight is 306 g/mol. The molecule has 104 valence electrons. The number of nitrogens with two attached hydrogens (primary N) is 1. The van der Waals surface area contributed by atoms with Gasteiger partial charge < -0.3 is 10.6 Å². The second-order valence-electron chi connectivity index (χ2n) is 5.04. The van der Waals surface area contributed by atoms with Crippen molar-refractivity contribution in [3.63, 3.8) is 0 Å². The molecule has 0 atom stereocenters. The number of benzene rings is 1. The fourth-order valence-electron chi connectivity index (χ4n) is 2.40. The summed E-state index contributed by atoms with van der Waals surface area (Å²) >= 11 is 7.93. The fourth-order valence-corrected chi connectivity index (χ4v) is 3.33. The van der Waals surface area contributed by atoms with Crippen LogP contribution in [0.1, 0.15) is 24.0 Å². The van der Waals surface area contributed by atoms with Gasteiger partial charge in [0.15, 0.2) is 0 Å². The summed E-state index contributed by atoms with van der Waals surface area (Å²) in [5, 5.41) is 12.6. The Morgan fingerprint density at radius 3 is 2.80 bits per heavy atom. The van der Waals surface area contributed by atoms with Crippen molar-refractivity contribution in [2.75, 3.05) is 4.90 Å². The molecule has 0 saturated heterocycles. The summed E-state index contributed by atoms with van der Waals surface area (Å²) in [6.07, 6.45) is 2.38. The summed E-state index contributed by atoms with van der Waals surface area (Å²) in [4.78, 5) is 2.32. The van der Waals surface area contributed by atoms with E-state index >= 15 is 0 Å². The van der Waals surface area contributed by atoms with E-state index in [9.17, 15) is 0 Å². The van der Waals surface area contributed by atoms with Crippen LogP contribution in [0.2, 0.25) is 5.02 Å². The maximum Gasteiger partial charge on any atom is 0.126 e. The third-order valence-corrected chi connectivity index (χ3v) is 4.54. The lowest BCUT2D eigenvalue weighted by molar-refractivity contribution is 0.795. The number of hydrogen-bond acceptors (Lipinski definition) is 3. The Bertz CT molecular complexity index is 620. The van der Waals surface area contributed by atoms with E-state index in [-0.39, 0.29) is 5.84 Å². The SMILES string of the molecule is N=C(N)c1c(Cl)cccc1N(Cc1ccsc1)C1CC1. The first-order chi connectivity index (χ1) is 9.66. The Morgan fingerprint density at radius 1 is 1.40 bits per heavy atom. The molecule has 1 heterocycles. The summed E-state index contributed by atoms with van der Waals surface area (Å²) in [7, 11) is 0. The molecule has 0 bridgehead atoms. The molecule has 1 aliphatic carbocycles. The maximum atomic E-state index is 7.79. The fraction of sp³-hybridized carbons (Fsp3) is 0.267. The van der Waals surface area contributed by atoms with E-state index in [1.165, 1.54) is 18.4 Å². The maximum absolute atomic E-state index is 7.79. The van der Waals surface area contributed by atoms with Crippen molar-refractivity contribution in [1.82, 2.24) is 0 Å². The number of nitrogens with one attached hydrogen (secondary N) is 1. The zero-order valence-electron chi connectivity index (χ0n) is 11.0. The van der Waals surface area contributed by atoms with Crippen molar-refractivity contribution in [3.05, 3.63) is 51.2 Å². The van der Waals surface area contributed by atoms with E-state index in [2.05, 4.69) is 21.7 Å². The number of hydrogen-bond donors (Lipinski definition) is 2. The van der Waals surface area contributed by atoms with Gasteiger partial charge >= 0.3 is 0 Å². The number of halogens is 1. The lowest BCUT2D eigenvalue weighted by Crippen LogP contribution is -2.28. The van der Waals surface area contributed by atoms with Crippen LogP contribution in [-0.4, -0.2) is 11.9 Å². The van der Waals surface area contributed by atoms with Gasteiger partial charge in [-0.25, -0.2) is 0 Å². The van der Waals surface area contributed by atoms with Crippen LogP contribution >= 0.6 is 22.9 Å². The summed E-state index contributed by atoms with van der Waals surface area (Å²) in [5.74, 6) is 0.0292. The molecular formula is C15H16ClN3S. The van der Waals surface area contributed by atoms with E-state index in [0.29, 0.717) is 16.6 Å². The first-order valence-corrected chi connectivity index (χ1v) is 7.89. The lowest BCUT2D eigenvalue weighted by atomic mass is 10.1. The normalized spacial score (nSPS) is 14.2. The minimum absolute atomic E-state index is 0.0292. The molecule has 1 fully saturated rings. The highest BCUT2D eigenvalue weighted by atomic mass is 35.5. The van der Waals surface area contributed by atoms with E-state index in [4.69, 9.17) is 22.7 Å². The molecule has 0 amide bonds. The van der Waals surface area contributed by atoms with Crippen molar-refractivity contribution >= 4 is 34.5 Å². The number of nitrogens with zero attached hydrogens (tertiary/aromatic N) is 1. The first kappa shape index (κ1) is 13.5. The molecule has 20 heavy (non-hydrogen) atoms. The summed E-state index contributed by atoms with van der Waals surface area (Å²) in [6, 6.07) is 8.39. The molecule has 0 spiro atoms. The monoisotopic (exact) mass is 305 g/mol. The van der Waals surface area contributed by atoms with Gasteiger partial charge in [-0.3, -0.25) is 5.41 Å². The smallest absolute Gasteiger partial charge is 0.126 e. The van der Waals surface area contributed by atoms with Crippen LogP contribution in [0.3, 0.4) is 0 Å². The molecule has 5 heteroatoms. The Kier molecular flexibility index (Phi) is 3.68. The topological polar surface area (TPSA) is 53.1 Å². The molecule has 1 aliphatic rings. The van der Waals surface area contributed by atoms with Crippen molar-refractivity contribution in [3.8, 4) is 0 Å². The molecule has 3 N–H and O–H groups in total. The van der Waals surface area contributed by atoms with Crippen LogP contribution in [0.25, 0.3) is 0 Å². The van der Waals surface area contributed by atoms with Crippen molar-refractivity contribution in [2.45, 2.75) is 25.4 Å². The van der Waals surface area contributed by atoms with Gasteiger partial charge in [0.2, 0.25) is 0 Å². The number of rotatable bonds is 5. The number of amidine groups is 1. The van der Waals surface area contributed by atoms with Crippen molar-refractivity contribution in [2.24, 2.45) is 5.73 Å². The van der Waals surface area contributed by atoms with Gasteiger partial charge in [-0.15, -0.1) is 0 Å². The van der Waals surface area contributed by atoms with Crippen LogP contribution in [0, 0.1) is 5.41 Å². The van der Waals surface area contributed by atoms with Crippen LogP contribution in [0.5, 0.6) is 0 Å². The zero-order valence-corrected chi connectivity index (χ0v) is 12.5. The second-order valence-corrected chi connectivity index (χ2v) is 6.23. The van der Waals surface area contributed by atoms with E-state index in [1.807, 2.05) is 12.1 Å². The standard InChI is InChI=1S/C15H16ClN3S/c16-12-2-1-3-13(14(12)15(17)18)19(11-4-5-11)8-10-6-7-20-9-10/h1-3,6-7,9,11H,4-5,8H2,(H3,17,18). The van der Waals surface area contributed by atoms with Crippen LogP contribution in [0.4, 0.5) is 5.69 Å². The van der Waals surface area contributed by atoms with Crippen LogP contribution in [-0.2, 0) is 6.54 Å². The van der Waals surface area contributed by atoms with E-state index in [0.717, 1.165) is 12.2 Å². The minimum atomic E-state index is 0.0292. The Balaban J connectivity index is 1.99. The van der Waals surface area contributed by atoms with Gasteiger partial charge in [-0.05, 0) is 47.4 Å². The number of anilines is 1. The Morgan fingerprint density at radius 2 is 2.20 bits per heavy atom. The van der Waals surface area contributed by atoms with Gasteiger partial charge in [-0.1, -0.05) is 17.7 Å². The van der Waals surface area contributed by atoms with E-state index < -0.39 is 0 Å². The zero-order chi connectivity index (χ0) is 14.1. The van der Waals surface area contributed by atoms with Crippen LogP contribution in [0.15, 0.2) is 35.0 Å². The average Bonchev–Trinajstić information content (AvgIpc) is 3.12. The summed E-state index contributed by atoms with van der Waals surface area (Å²) < 4.78 is 0. The minimum Gasteiger partial charge on any atom is -0.384 e. The molecule has 0 aliphatic heterocycles. The summed E-state index contributed by atoms with van der Waals surface area (Å²) in [6.45, 7) is 0.842. The molecule has 0 unspecified atom stereocenters. The Labute approximate surface area is 127 Å². The molecule has 1 aromatic heterocycles. The number of nitrogen functional groups attached to an aromatic ring is 1. The van der Waals surface area contributed by atoms with Gasteiger partial charge in [0.1, 0.15) is 5.84 Å².